The first-order chi connectivity index (χ1) is 27.7. The molecule has 0 aliphatic heterocycles. The van der Waals surface area contributed by atoms with Gasteiger partial charge in [-0.15, -0.1) is 0 Å². The molecule has 11 rings (SSSR count). The molecule has 7 aromatic carbocycles. The maximum atomic E-state index is 6.72. The van der Waals surface area contributed by atoms with Crippen molar-refractivity contribution < 1.29 is 8.83 Å². The third-order valence-electron chi connectivity index (χ3n) is 10.2. The van der Waals surface area contributed by atoms with Crippen molar-refractivity contribution >= 4 is 44.0 Å². The van der Waals surface area contributed by atoms with Crippen LogP contribution in [0.15, 0.2) is 185 Å². The Balaban J connectivity index is 1.07. The average Bonchev–Trinajstić information content (AvgIpc) is 3.86. The SMILES string of the molecule is c1ccc(-c2nc(-c3ccccc3)nc(-c3cccc4c3oc3cccc(-c5cccc(-c6nc(-c7ccccc7)c7oc8ccccc8c7n6)c5)c34)n2)cc1. The summed E-state index contributed by atoms with van der Waals surface area (Å²) in [5, 5.41) is 2.93. The molecule has 4 aromatic heterocycles. The molecule has 56 heavy (non-hydrogen) atoms. The summed E-state index contributed by atoms with van der Waals surface area (Å²) in [5.74, 6) is 2.35. The lowest BCUT2D eigenvalue weighted by Crippen LogP contribution is -2.00. The second-order valence-electron chi connectivity index (χ2n) is 13.6. The standard InChI is InChI=1S/C49H29N5O2/c1-4-15-30(16-5-1)42-45-43(36-23-10-11-27-39(36)55-45)51-48(50-42)34-22-12-21-33(29-34)35-24-14-28-40-41(35)37-25-13-26-38(44(37)56-40)49-53-46(31-17-6-2-7-18-31)52-47(54-49)32-19-8-3-9-20-32/h1-29H. The van der Waals surface area contributed by atoms with Gasteiger partial charge >= 0.3 is 0 Å². The van der Waals surface area contributed by atoms with Crippen LogP contribution in [0.4, 0.5) is 0 Å². The maximum absolute atomic E-state index is 6.72. The van der Waals surface area contributed by atoms with Crippen LogP contribution < -0.4 is 0 Å². The molecule has 0 radical (unpaired) electrons. The van der Waals surface area contributed by atoms with Crippen molar-refractivity contribution in [3.63, 3.8) is 0 Å². The normalized spacial score (nSPS) is 11.6. The molecule has 0 aliphatic carbocycles. The number of hydrogen-bond donors (Lipinski definition) is 0. The second-order valence-corrected chi connectivity index (χ2v) is 13.6. The molecule has 0 amide bonds. The number of fused-ring (bicyclic) bond motifs is 6. The molecule has 0 atom stereocenters. The fourth-order valence-corrected chi connectivity index (χ4v) is 7.53. The maximum Gasteiger partial charge on any atom is 0.180 e. The zero-order valence-corrected chi connectivity index (χ0v) is 29.8. The highest BCUT2D eigenvalue weighted by atomic mass is 16.3. The molecule has 7 nitrogen and oxygen atoms in total. The molecule has 0 aliphatic rings. The molecule has 262 valence electrons. The van der Waals surface area contributed by atoms with Gasteiger partial charge in [0.1, 0.15) is 28.0 Å². The van der Waals surface area contributed by atoms with Gasteiger partial charge in [0.2, 0.25) is 0 Å². The molecule has 0 bridgehead atoms. The zero-order valence-electron chi connectivity index (χ0n) is 29.8. The van der Waals surface area contributed by atoms with E-state index >= 15 is 0 Å². The van der Waals surface area contributed by atoms with E-state index in [4.69, 9.17) is 33.8 Å². The van der Waals surface area contributed by atoms with Gasteiger partial charge in [0.15, 0.2) is 28.9 Å². The third-order valence-corrected chi connectivity index (χ3v) is 10.2. The molecule has 0 saturated heterocycles. The Morgan fingerprint density at radius 2 is 0.839 bits per heavy atom. The lowest BCUT2D eigenvalue weighted by Gasteiger charge is -2.09. The van der Waals surface area contributed by atoms with Crippen LogP contribution in [0.3, 0.4) is 0 Å². The van der Waals surface area contributed by atoms with Crippen molar-refractivity contribution in [2.24, 2.45) is 0 Å². The highest BCUT2D eigenvalue weighted by Crippen LogP contribution is 2.42. The van der Waals surface area contributed by atoms with Crippen LogP contribution in [0.1, 0.15) is 0 Å². The van der Waals surface area contributed by atoms with E-state index in [0.29, 0.717) is 34.5 Å². The molecule has 0 saturated carbocycles. The number of furan rings is 2. The lowest BCUT2D eigenvalue weighted by molar-refractivity contribution is 0.667. The number of hydrogen-bond acceptors (Lipinski definition) is 7. The van der Waals surface area contributed by atoms with Crippen molar-refractivity contribution in [2.45, 2.75) is 0 Å². The van der Waals surface area contributed by atoms with Gasteiger partial charge in [-0.05, 0) is 41.5 Å². The number of benzene rings is 7. The van der Waals surface area contributed by atoms with E-state index in [2.05, 4.69) is 48.5 Å². The minimum absolute atomic E-state index is 0.541. The molecule has 0 fully saturated rings. The summed E-state index contributed by atoms with van der Waals surface area (Å²) in [5.41, 5.74) is 11.0. The largest absolute Gasteiger partial charge is 0.455 e. The quantitative estimate of drug-likeness (QED) is 0.169. The molecule has 7 heteroatoms. The van der Waals surface area contributed by atoms with Gasteiger partial charge in [0.05, 0.1) is 5.56 Å². The molecule has 11 aromatic rings. The van der Waals surface area contributed by atoms with E-state index in [9.17, 15) is 0 Å². The number of para-hydroxylation sites is 2. The van der Waals surface area contributed by atoms with E-state index in [1.165, 1.54) is 0 Å². The fraction of sp³-hybridized carbons (Fsp3) is 0. The highest BCUT2D eigenvalue weighted by molar-refractivity contribution is 6.15. The predicted octanol–water partition coefficient (Wildman–Crippen LogP) is 12.5. The van der Waals surface area contributed by atoms with Crippen molar-refractivity contribution in [3.8, 4) is 67.9 Å². The summed E-state index contributed by atoms with van der Waals surface area (Å²) in [7, 11) is 0. The van der Waals surface area contributed by atoms with Crippen molar-refractivity contribution in [1.82, 2.24) is 24.9 Å². The van der Waals surface area contributed by atoms with E-state index < -0.39 is 0 Å². The van der Waals surface area contributed by atoms with E-state index in [-0.39, 0.29) is 0 Å². The number of rotatable bonds is 6. The Morgan fingerprint density at radius 3 is 1.59 bits per heavy atom. The van der Waals surface area contributed by atoms with Gasteiger partial charge in [-0.2, -0.15) is 0 Å². The summed E-state index contributed by atoms with van der Waals surface area (Å²) in [4.78, 5) is 25.2. The Kier molecular flexibility index (Phi) is 7.35. The van der Waals surface area contributed by atoms with Gasteiger partial charge in [0.25, 0.3) is 0 Å². The Bertz CT molecular complexity index is 3190. The van der Waals surface area contributed by atoms with Crippen LogP contribution in [0.25, 0.3) is 112 Å². The molecule has 4 heterocycles. The highest BCUT2D eigenvalue weighted by Gasteiger charge is 2.21. The minimum Gasteiger partial charge on any atom is -0.455 e. The van der Waals surface area contributed by atoms with Crippen LogP contribution in [0, 0.1) is 0 Å². The monoisotopic (exact) mass is 719 g/mol. The molecular formula is C49H29N5O2. The second kappa shape index (κ2) is 13.0. The summed E-state index contributed by atoms with van der Waals surface area (Å²) in [6.45, 7) is 0. The third kappa shape index (κ3) is 5.33. The van der Waals surface area contributed by atoms with Gasteiger partial charge in [-0.25, -0.2) is 24.9 Å². The van der Waals surface area contributed by atoms with Crippen molar-refractivity contribution in [2.75, 3.05) is 0 Å². The molecule has 0 N–H and O–H groups in total. The average molecular weight is 720 g/mol. The molecule has 0 unspecified atom stereocenters. The van der Waals surface area contributed by atoms with Crippen LogP contribution >= 0.6 is 0 Å². The summed E-state index contributed by atoms with van der Waals surface area (Å²) in [6, 6.07) is 58.8. The van der Waals surface area contributed by atoms with Crippen molar-refractivity contribution in [3.05, 3.63) is 176 Å². The molecule has 0 spiro atoms. The van der Waals surface area contributed by atoms with Gasteiger partial charge in [-0.3, -0.25) is 0 Å². The Morgan fingerprint density at radius 1 is 0.321 bits per heavy atom. The minimum atomic E-state index is 0.541. The van der Waals surface area contributed by atoms with Crippen LogP contribution in [-0.2, 0) is 0 Å². The van der Waals surface area contributed by atoms with E-state index in [1.54, 1.807) is 0 Å². The zero-order chi connectivity index (χ0) is 37.0. The lowest BCUT2D eigenvalue weighted by atomic mass is 9.97. The molecular weight excluding hydrogens is 691 g/mol. The number of nitrogens with zero attached hydrogens (tertiary/aromatic N) is 5. The van der Waals surface area contributed by atoms with Crippen molar-refractivity contribution in [1.29, 1.82) is 0 Å². The summed E-state index contributed by atoms with van der Waals surface area (Å²) in [6.07, 6.45) is 0. The Hall–Kier alpha value is -7.77. The van der Waals surface area contributed by atoms with Crippen LogP contribution in [-0.4, -0.2) is 24.9 Å². The van der Waals surface area contributed by atoms with Crippen LogP contribution in [0.5, 0.6) is 0 Å². The first-order valence-electron chi connectivity index (χ1n) is 18.4. The number of aromatic nitrogens is 5. The first-order valence-corrected chi connectivity index (χ1v) is 18.4. The van der Waals surface area contributed by atoms with Gasteiger partial charge in [0, 0.05) is 38.4 Å². The topological polar surface area (TPSA) is 90.7 Å². The first kappa shape index (κ1) is 31.7. The smallest absolute Gasteiger partial charge is 0.180 e. The summed E-state index contributed by atoms with van der Waals surface area (Å²) >= 11 is 0. The fourth-order valence-electron chi connectivity index (χ4n) is 7.53. The van der Waals surface area contributed by atoms with E-state index in [0.717, 1.165) is 77.5 Å². The Labute approximate surface area is 320 Å². The van der Waals surface area contributed by atoms with E-state index in [1.807, 2.05) is 127 Å². The van der Waals surface area contributed by atoms with Gasteiger partial charge < -0.3 is 8.83 Å². The van der Waals surface area contributed by atoms with Crippen LogP contribution in [0.2, 0.25) is 0 Å². The van der Waals surface area contributed by atoms with Gasteiger partial charge in [-0.1, -0.05) is 146 Å². The summed E-state index contributed by atoms with van der Waals surface area (Å²) < 4.78 is 13.1. The predicted molar refractivity (Wildman–Crippen MR) is 223 cm³/mol.